The topological polar surface area (TPSA) is 70.2 Å². The average molecular weight is 164 g/mol. The van der Waals surface area contributed by atoms with E-state index >= 15 is 0 Å². The quantitative estimate of drug-likeness (QED) is 0.360. The molecule has 10 heavy (non-hydrogen) atoms. The summed E-state index contributed by atoms with van der Waals surface area (Å²) >= 11 is 5.28. The van der Waals surface area contributed by atoms with Crippen LogP contribution in [0.25, 0.3) is 0 Å². The van der Waals surface area contributed by atoms with Gasteiger partial charge < -0.3 is 5.73 Å². The summed E-state index contributed by atoms with van der Waals surface area (Å²) in [7, 11) is 0. The number of amides is 2. The van der Waals surface area contributed by atoms with Crippen molar-refractivity contribution in [1.82, 2.24) is 4.42 Å². The zero-order chi connectivity index (χ0) is 8.15. The molecule has 0 spiro atoms. The fraction of sp³-hybridized carbons (Fsp3) is 0.600. The Kier molecular flexibility index (Phi) is 3.79. The van der Waals surface area contributed by atoms with Crippen LogP contribution in [0.1, 0.15) is 19.8 Å². The van der Waals surface area contributed by atoms with Gasteiger partial charge in [0.05, 0.1) is 0 Å². The van der Waals surface area contributed by atoms with E-state index < -0.39 is 6.03 Å². The van der Waals surface area contributed by atoms with Crippen molar-refractivity contribution < 1.29 is 4.79 Å². The van der Waals surface area contributed by atoms with Gasteiger partial charge in [-0.15, -0.1) is 0 Å². The summed E-state index contributed by atoms with van der Waals surface area (Å²) < 4.78 is 0.615. The van der Waals surface area contributed by atoms with Crippen LogP contribution < -0.4 is 5.73 Å². The Balaban J connectivity index is 3.82. The van der Waals surface area contributed by atoms with Crippen molar-refractivity contribution in [1.29, 1.82) is 5.41 Å². The van der Waals surface area contributed by atoms with Gasteiger partial charge in [-0.05, 0) is 6.42 Å². The van der Waals surface area contributed by atoms with Gasteiger partial charge in [0.15, 0.2) is 0 Å². The van der Waals surface area contributed by atoms with Crippen molar-refractivity contribution >= 4 is 23.6 Å². The Bertz CT molecular complexity index is 148. The highest BCUT2D eigenvalue weighted by Gasteiger charge is 2.10. The molecule has 5 heteroatoms. The second kappa shape index (κ2) is 4.11. The molecule has 0 aromatic carbocycles. The molecule has 2 amide bonds. The van der Waals surface area contributed by atoms with Gasteiger partial charge >= 0.3 is 6.03 Å². The number of carbonyl (C=O) groups is 1. The Morgan fingerprint density at radius 3 is 2.60 bits per heavy atom. The molecular weight excluding hydrogens is 154 g/mol. The van der Waals surface area contributed by atoms with E-state index in [1.54, 1.807) is 0 Å². The highest BCUT2D eigenvalue weighted by atomic mass is 35.5. The Labute approximate surface area is 64.6 Å². The summed E-state index contributed by atoms with van der Waals surface area (Å²) in [5.74, 6) is 0.0386. The maximum atomic E-state index is 10.3. The van der Waals surface area contributed by atoms with Crippen LogP contribution in [-0.2, 0) is 0 Å². The predicted octanol–water partition coefficient (Wildman–Crippen LogP) is 1.30. The maximum Gasteiger partial charge on any atom is 0.335 e. The van der Waals surface area contributed by atoms with Crippen molar-refractivity contribution in [2.75, 3.05) is 0 Å². The first-order valence-electron chi connectivity index (χ1n) is 2.92. The minimum atomic E-state index is -0.805. The third-order valence-electron chi connectivity index (χ3n) is 0.917. The van der Waals surface area contributed by atoms with Gasteiger partial charge in [0.1, 0.15) is 5.84 Å². The molecule has 0 fully saturated rings. The molecule has 0 bridgehead atoms. The number of nitrogens with one attached hydrogen (secondary N) is 1. The van der Waals surface area contributed by atoms with E-state index in [4.69, 9.17) is 22.9 Å². The van der Waals surface area contributed by atoms with Crippen molar-refractivity contribution in [3.63, 3.8) is 0 Å². The third-order valence-corrected chi connectivity index (χ3v) is 1.29. The second-order valence-electron chi connectivity index (χ2n) is 1.82. The van der Waals surface area contributed by atoms with E-state index in [-0.39, 0.29) is 5.84 Å². The van der Waals surface area contributed by atoms with Gasteiger partial charge in [-0.3, -0.25) is 5.41 Å². The molecule has 0 aliphatic rings. The average Bonchev–Trinajstić information content (AvgIpc) is 1.87. The van der Waals surface area contributed by atoms with Crippen LogP contribution in [0.4, 0.5) is 4.79 Å². The summed E-state index contributed by atoms with van der Waals surface area (Å²) in [5, 5.41) is 7.12. The van der Waals surface area contributed by atoms with E-state index in [1.807, 2.05) is 6.92 Å². The molecule has 0 unspecified atom stereocenters. The molecule has 3 N–H and O–H groups in total. The molecule has 0 rings (SSSR count). The molecule has 0 saturated carbocycles. The Hall–Kier alpha value is -0.770. The van der Waals surface area contributed by atoms with Gasteiger partial charge in [0, 0.05) is 18.2 Å². The Morgan fingerprint density at radius 2 is 2.30 bits per heavy atom. The molecular formula is C5H10ClN3O. The summed E-state index contributed by atoms with van der Waals surface area (Å²) in [6.45, 7) is 1.89. The number of halogens is 1. The van der Waals surface area contributed by atoms with Crippen LogP contribution in [0, 0.1) is 5.41 Å². The second-order valence-corrected chi connectivity index (χ2v) is 2.15. The lowest BCUT2D eigenvalue weighted by Gasteiger charge is -2.09. The SMILES string of the molecule is CCCC(=N)N(Cl)C(N)=O. The van der Waals surface area contributed by atoms with Crippen molar-refractivity contribution in [2.24, 2.45) is 5.73 Å². The van der Waals surface area contributed by atoms with Crippen LogP contribution in [0.3, 0.4) is 0 Å². The number of nitrogens with two attached hydrogens (primary N) is 1. The van der Waals surface area contributed by atoms with Gasteiger partial charge in [-0.2, -0.15) is 4.42 Å². The lowest BCUT2D eigenvalue weighted by molar-refractivity contribution is 0.243. The summed E-state index contributed by atoms with van der Waals surface area (Å²) in [5.41, 5.74) is 4.78. The molecule has 0 heterocycles. The Morgan fingerprint density at radius 1 is 1.80 bits per heavy atom. The fourth-order valence-electron chi connectivity index (χ4n) is 0.468. The first-order valence-corrected chi connectivity index (χ1v) is 3.26. The zero-order valence-corrected chi connectivity index (χ0v) is 6.48. The normalized spacial score (nSPS) is 9.00. The smallest absolute Gasteiger partial charge is 0.335 e. The minimum absolute atomic E-state index is 0.0386. The van der Waals surface area contributed by atoms with Crippen molar-refractivity contribution in [3.8, 4) is 0 Å². The van der Waals surface area contributed by atoms with Crippen LogP contribution in [0.5, 0.6) is 0 Å². The zero-order valence-electron chi connectivity index (χ0n) is 5.72. The van der Waals surface area contributed by atoms with Gasteiger partial charge in [-0.25, -0.2) is 4.79 Å². The van der Waals surface area contributed by atoms with Gasteiger partial charge in [0.2, 0.25) is 0 Å². The summed E-state index contributed by atoms with van der Waals surface area (Å²) in [6, 6.07) is -0.805. The summed E-state index contributed by atoms with van der Waals surface area (Å²) in [6.07, 6.45) is 1.24. The summed E-state index contributed by atoms with van der Waals surface area (Å²) in [4.78, 5) is 10.3. The van der Waals surface area contributed by atoms with Crippen molar-refractivity contribution in [2.45, 2.75) is 19.8 Å². The highest BCUT2D eigenvalue weighted by Crippen LogP contribution is 2.00. The number of carbonyl (C=O) groups excluding carboxylic acids is 1. The van der Waals surface area contributed by atoms with Gasteiger partial charge in [-0.1, -0.05) is 6.92 Å². The first kappa shape index (κ1) is 9.23. The van der Waals surface area contributed by atoms with E-state index in [9.17, 15) is 4.79 Å². The van der Waals surface area contributed by atoms with Crippen molar-refractivity contribution in [3.05, 3.63) is 0 Å². The number of urea groups is 1. The largest absolute Gasteiger partial charge is 0.350 e. The molecule has 0 aliphatic heterocycles. The van der Waals surface area contributed by atoms with E-state index in [2.05, 4.69) is 0 Å². The number of rotatable bonds is 2. The third kappa shape index (κ3) is 2.68. The fourth-order valence-corrected chi connectivity index (χ4v) is 0.552. The van der Waals surface area contributed by atoms with Crippen LogP contribution in [0.15, 0.2) is 0 Å². The van der Waals surface area contributed by atoms with Crippen LogP contribution in [-0.4, -0.2) is 16.3 Å². The molecule has 0 atom stereocenters. The van der Waals surface area contributed by atoms with Gasteiger partial charge in [0.25, 0.3) is 0 Å². The molecule has 0 aromatic rings. The first-order chi connectivity index (χ1) is 4.59. The number of nitrogens with zero attached hydrogens (tertiary/aromatic N) is 1. The van der Waals surface area contributed by atoms with E-state index in [1.165, 1.54) is 0 Å². The van der Waals surface area contributed by atoms with Crippen LogP contribution in [0.2, 0.25) is 0 Å². The monoisotopic (exact) mass is 163 g/mol. The number of hydrogen-bond donors (Lipinski definition) is 2. The molecule has 0 radical (unpaired) electrons. The van der Waals surface area contributed by atoms with Crippen LogP contribution >= 0.6 is 11.8 Å². The molecule has 58 valence electrons. The molecule has 0 aliphatic carbocycles. The maximum absolute atomic E-state index is 10.3. The number of hydrogen-bond acceptors (Lipinski definition) is 2. The minimum Gasteiger partial charge on any atom is -0.350 e. The lowest BCUT2D eigenvalue weighted by atomic mass is 10.3. The molecule has 0 aromatic heterocycles. The number of amidine groups is 1. The highest BCUT2D eigenvalue weighted by molar-refractivity contribution is 6.29. The van der Waals surface area contributed by atoms with E-state index in [0.29, 0.717) is 10.8 Å². The van der Waals surface area contributed by atoms with E-state index in [0.717, 1.165) is 6.42 Å². The predicted molar refractivity (Wildman–Crippen MR) is 39.9 cm³/mol. The molecule has 4 nitrogen and oxygen atoms in total. The lowest BCUT2D eigenvalue weighted by Crippen LogP contribution is -2.32. The standard InChI is InChI=1S/C5H10ClN3O/c1-2-3-4(7)9(6)5(8)10/h7H,2-3H2,1H3,(H2,8,10). The number of primary amides is 1. The molecule has 0 saturated heterocycles.